The van der Waals surface area contributed by atoms with Gasteiger partial charge in [-0.2, -0.15) is 0 Å². The number of rotatable bonds is 3. The number of hydrogen-bond donors (Lipinski definition) is 1. The van der Waals surface area contributed by atoms with Gasteiger partial charge in [0, 0.05) is 18.1 Å². The van der Waals surface area contributed by atoms with E-state index in [4.69, 9.17) is 4.89 Å². The number of aromatic nitrogens is 2. The van der Waals surface area contributed by atoms with E-state index in [1.54, 1.807) is 0 Å². The summed E-state index contributed by atoms with van der Waals surface area (Å²) < 4.78 is 11.0. The molecule has 0 aromatic carbocycles. The maximum Gasteiger partial charge on any atom is 0.252 e. The minimum Gasteiger partial charge on any atom is -0.337 e. The Morgan fingerprint density at radius 3 is 2.36 bits per heavy atom. The maximum atomic E-state index is 11.0. The number of hydrogen-bond acceptors (Lipinski definition) is 4. The van der Waals surface area contributed by atoms with Crippen LogP contribution in [0.3, 0.4) is 0 Å². The largest absolute Gasteiger partial charge is 0.337 e. The molecule has 0 saturated carbocycles. The summed E-state index contributed by atoms with van der Waals surface area (Å²) in [5.41, 5.74) is 1.77. The summed E-state index contributed by atoms with van der Waals surface area (Å²) >= 11 is 0.990. The molecule has 0 aliphatic carbocycles. The highest BCUT2D eigenvalue weighted by Gasteiger charge is 2.11. The molecule has 0 amide bonds. The third-order valence-electron chi connectivity index (χ3n) is 1.46. The highest BCUT2D eigenvalue weighted by Crippen LogP contribution is 2.51. The Bertz CT molecular complexity index is 357. The summed E-state index contributed by atoms with van der Waals surface area (Å²) in [5.74, 6) is 0.996. The van der Waals surface area contributed by atoms with E-state index in [0.717, 1.165) is 22.8 Å². The van der Waals surface area contributed by atoms with Crippen LogP contribution in [0.4, 0.5) is 0 Å². The van der Waals surface area contributed by atoms with Gasteiger partial charge in [0.2, 0.25) is 0 Å². The Morgan fingerprint density at radius 1 is 1.43 bits per heavy atom. The molecule has 0 aliphatic rings. The molecule has 1 rings (SSSR count). The van der Waals surface area contributed by atoms with Crippen LogP contribution >= 0.6 is 18.0 Å². The first-order valence-electron chi connectivity index (χ1n) is 4.13. The van der Waals surface area contributed by atoms with Crippen LogP contribution < -0.4 is 0 Å². The van der Waals surface area contributed by atoms with Gasteiger partial charge in [0.25, 0.3) is 6.57 Å². The molecule has 1 unspecified atom stereocenters. The van der Waals surface area contributed by atoms with E-state index in [0.29, 0.717) is 11.6 Å². The van der Waals surface area contributed by atoms with Crippen molar-refractivity contribution < 1.29 is 9.46 Å². The zero-order valence-electron chi connectivity index (χ0n) is 8.39. The molecule has 0 fully saturated rings. The quantitative estimate of drug-likeness (QED) is 0.809. The first-order chi connectivity index (χ1) is 6.37. The van der Waals surface area contributed by atoms with E-state index < -0.39 is 6.57 Å². The molecule has 78 valence electrons. The minimum atomic E-state index is -3.02. The van der Waals surface area contributed by atoms with Crippen molar-refractivity contribution in [2.45, 2.75) is 19.6 Å². The Hall–Kier alpha value is -0.380. The van der Waals surface area contributed by atoms with Crippen LogP contribution in [0.5, 0.6) is 0 Å². The van der Waals surface area contributed by atoms with Gasteiger partial charge in [-0.3, -0.25) is 4.57 Å². The van der Waals surface area contributed by atoms with Crippen molar-refractivity contribution in [3.8, 4) is 0 Å². The summed E-state index contributed by atoms with van der Waals surface area (Å²) in [4.78, 5) is 17.4. The summed E-state index contributed by atoms with van der Waals surface area (Å²) in [5, 5.41) is 0. The summed E-state index contributed by atoms with van der Waals surface area (Å²) in [6.07, 6.45) is 0. The average Bonchev–Trinajstić information content (AvgIpc) is 1.97. The van der Waals surface area contributed by atoms with Gasteiger partial charge < -0.3 is 4.89 Å². The molecular formula is C8H13N2O2PS. The second-order valence-electron chi connectivity index (χ2n) is 3.14. The third kappa shape index (κ3) is 4.22. The van der Waals surface area contributed by atoms with Gasteiger partial charge >= 0.3 is 0 Å². The van der Waals surface area contributed by atoms with Crippen LogP contribution in [-0.4, -0.2) is 21.5 Å². The number of aryl methyl sites for hydroxylation is 2. The van der Waals surface area contributed by atoms with Crippen molar-refractivity contribution >= 4 is 18.0 Å². The van der Waals surface area contributed by atoms with Crippen molar-refractivity contribution in [2.75, 3.05) is 6.66 Å². The van der Waals surface area contributed by atoms with Gasteiger partial charge in [-0.25, -0.2) is 9.97 Å². The molecule has 0 bridgehead atoms. The van der Waals surface area contributed by atoms with E-state index in [1.807, 2.05) is 19.9 Å². The monoisotopic (exact) mass is 232 g/mol. The van der Waals surface area contributed by atoms with Crippen LogP contribution in [0.15, 0.2) is 6.07 Å². The standard InChI is InChI=1S/C8H13N2O2PS/c1-6-4-7(2)10-8(9-6)5-14-13(3,11)12/h4H,5H2,1-3H3,(H,11,12). The highest BCUT2D eigenvalue weighted by molar-refractivity contribution is 8.55. The normalized spacial score (nSPS) is 15.1. The predicted octanol–water partition coefficient (Wildman–Crippen LogP) is 2.14. The Labute approximate surface area is 87.4 Å². The topological polar surface area (TPSA) is 63.1 Å². The van der Waals surface area contributed by atoms with E-state index >= 15 is 0 Å². The fourth-order valence-corrected chi connectivity index (χ4v) is 2.59. The minimum absolute atomic E-state index is 0.382. The molecule has 1 aromatic heterocycles. The first kappa shape index (κ1) is 11.7. The summed E-state index contributed by atoms with van der Waals surface area (Å²) in [7, 11) is 0. The van der Waals surface area contributed by atoms with Crippen LogP contribution in [0, 0.1) is 13.8 Å². The second-order valence-corrected chi connectivity index (χ2v) is 8.10. The zero-order valence-corrected chi connectivity index (χ0v) is 10.1. The lowest BCUT2D eigenvalue weighted by Crippen LogP contribution is -1.96. The van der Waals surface area contributed by atoms with Gasteiger partial charge in [-0.15, -0.1) is 0 Å². The van der Waals surface area contributed by atoms with E-state index in [1.165, 1.54) is 6.66 Å². The molecular weight excluding hydrogens is 219 g/mol. The van der Waals surface area contributed by atoms with Gasteiger partial charge in [0.1, 0.15) is 5.82 Å². The molecule has 6 heteroatoms. The predicted molar refractivity (Wildman–Crippen MR) is 58.6 cm³/mol. The highest BCUT2D eigenvalue weighted by atomic mass is 32.7. The van der Waals surface area contributed by atoms with E-state index in [9.17, 15) is 4.57 Å². The average molecular weight is 232 g/mol. The molecule has 4 nitrogen and oxygen atoms in total. The molecule has 0 saturated heterocycles. The van der Waals surface area contributed by atoms with Crippen LogP contribution in [0.1, 0.15) is 17.2 Å². The van der Waals surface area contributed by atoms with Crippen molar-refractivity contribution in [3.63, 3.8) is 0 Å². The van der Waals surface area contributed by atoms with E-state index in [2.05, 4.69) is 9.97 Å². The molecule has 0 radical (unpaired) electrons. The SMILES string of the molecule is Cc1cc(C)nc(CSP(C)(=O)O)n1. The molecule has 1 heterocycles. The lowest BCUT2D eigenvalue weighted by atomic mass is 10.3. The summed E-state index contributed by atoms with van der Waals surface area (Å²) in [6.45, 7) is 2.06. The van der Waals surface area contributed by atoms with E-state index in [-0.39, 0.29) is 0 Å². The van der Waals surface area contributed by atoms with Gasteiger partial charge in [-0.05, 0) is 19.9 Å². The molecule has 0 aliphatic heterocycles. The Kier molecular flexibility index (Phi) is 3.70. The lowest BCUT2D eigenvalue weighted by Gasteiger charge is -2.05. The van der Waals surface area contributed by atoms with Crippen molar-refractivity contribution in [3.05, 3.63) is 23.3 Å². The maximum absolute atomic E-state index is 11.0. The van der Waals surface area contributed by atoms with Gasteiger partial charge in [0.05, 0.1) is 5.75 Å². The van der Waals surface area contributed by atoms with Crippen LogP contribution in [0.25, 0.3) is 0 Å². The fraction of sp³-hybridized carbons (Fsp3) is 0.500. The van der Waals surface area contributed by atoms with Crippen molar-refractivity contribution in [2.24, 2.45) is 0 Å². The molecule has 1 N–H and O–H groups in total. The smallest absolute Gasteiger partial charge is 0.252 e. The Balaban J connectivity index is 2.73. The van der Waals surface area contributed by atoms with Crippen LogP contribution in [0.2, 0.25) is 0 Å². The van der Waals surface area contributed by atoms with Gasteiger partial charge in [-0.1, -0.05) is 11.4 Å². The fourth-order valence-electron chi connectivity index (χ4n) is 1.04. The van der Waals surface area contributed by atoms with Gasteiger partial charge in [0.15, 0.2) is 0 Å². The molecule has 1 aromatic rings. The third-order valence-corrected chi connectivity index (χ3v) is 4.15. The lowest BCUT2D eigenvalue weighted by molar-refractivity contribution is 0.503. The Morgan fingerprint density at radius 2 is 1.93 bits per heavy atom. The molecule has 1 atom stereocenters. The molecule has 14 heavy (non-hydrogen) atoms. The van der Waals surface area contributed by atoms with Crippen LogP contribution in [-0.2, 0) is 10.3 Å². The second kappa shape index (κ2) is 4.43. The first-order valence-corrected chi connectivity index (χ1v) is 7.82. The van der Waals surface area contributed by atoms with Crippen molar-refractivity contribution in [1.29, 1.82) is 0 Å². The zero-order chi connectivity index (χ0) is 10.8. The van der Waals surface area contributed by atoms with Crippen molar-refractivity contribution in [1.82, 2.24) is 9.97 Å². The number of nitrogens with zero attached hydrogens (tertiary/aromatic N) is 2. The summed E-state index contributed by atoms with van der Waals surface area (Å²) in [6, 6.07) is 1.87. The molecule has 0 spiro atoms.